The van der Waals surface area contributed by atoms with Gasteiger partial charge in [-0.05, 0) is 48.4 Å². The van der Waals surface area contributed by atoms with Crippen LogP contribution in [0.25, 0.3) is 0 Å². The van der Waals surface area contributed by atoms with Gasteiger partial charge in [-0.3, -0.25) is 14.8 Å². The lowest BCUT2D eigenvalue weighted by atomic mass is 9.86. The molecule has 1 N–H and O–H groups in total. The number of benzene rings is 2. The van der Waals surface area contributed by atoms with Crippen molar-refractivity contribution in [2.75, 3.05) is 5.32 Å². The highest BCUT2D eigenvalue weighted by molar-refractivity contribution is 6.34. The number of carbonyl (C=O) groups excluding carboxylic acids is 1. The Hall–Kier alpha value is -3.32. The van der Waals surface area contributed by atoms with Crippen LogP contribution in [0.5, 0.6) is 0 Å². The van der Waals surface area contributed by atoms with E-state index in [9.17, 15) is 31.1 Å². The summed E-state index contributed by atoms with van der Waals surface area (Å²) in [6, 6.07) is 7.76. The van der Waals surface area contributed by atoms with Gasteiger partial charge in [0, 0.05) is 41.1 Å². The second-order valence-corrected chi connectivity index (χ2v) is 9.74. The van der Waals surface area contributed by atoms with E-state index in [2.05, 4.69) is 20.6 Å². The highest BCUT2D eigenvalue weighted by Crippen LogP contribution is 2.49. The normalized spacial score (nSPS) is 17.6. The molecule has 1 aliphatic rings. The number of aromatic nitrogens is 3. The van der Waals surface area contributed by atoms with E-state index in [-0.39, 0.29) is 44.2 Å². The summed E-state index contributed by atoms with van der Waals surface area (Å²) in [4.78, 5) is 21.7. The van der Waals surface area contributed by atoms with Crippen LogP contribution in [-0.2, 0) is 23.9 Å². The molecule has 0 fully saturated rings. The number of nitrogens with one attached hydrogen (secondary N) is 1. The molecular weight excluding hydrogens is 575 g/mol. The molecule has 1 aliphatic heterocycles. The minimum atomic E-state index is -4.87. The van der Waals surface area contributed by atoms with Crippen molar-refractivity contribution < 1.29 is 36.0 Å². The van der Waals surface area contributed by atoms with Gasteiger partial charge in [-0.1, -0.05) is 34.4 Å². The number of anilines is 1. The Labute approximate surface area is 227 Å². The van der Waals surface area contributed by atoms with Gasteiger partial charge in [-0.2, -0.15) is 31.3 Å². The molecule has 1 aromatic heterocycles. The molecule has 0 radical (unpaired) electrons. The van der Waals surface area contributed by atoms with Gasteiger partial charge in [0.1, 0.15) is 5.82 Å². The van der Waals surface area contributed by atoms with E-state index in [1.807, 2.05) is 0 Å². The summed E-state index contributed by atoms with van der Waals surface area (Å²) in [5.41, 5.74) is -2.32. The van der Waals surface area contributed by atoms with Crippen molar-refractivity contribution in [3.05, 3.63) is 74.5 Å². The predicted molar refractivity (Wildman–Crippen MR) is 131 cm³/mol. The maximum atomic E-state index is 14.2. The predicted octanol–water partition coefficient (Wildman–Crippen LogP) is 6.76. The van der Waals surface area contributed by atoms with Crippen molar-refractivity contribution in [1.82, 2.24) is 14.8 Å². The van der Waals surface area contributed by atoms with E-state index in [4.69, 9.17) is 28.0 Å². The summed E-state index contributed by atoms with van der Waals surface area (Å²) in [6.07, 6.45) is -11.4. The number of hydrogen-bond donors (Lipinski definition) is 1. The number of nitrogens with zero attached hydrogens (tertiary/aromatic N) is 4. The van der Waals surface area contributed by atoms with Crippen LogP contribution in [-0.4, -0.2) is 38.7 Å². The van der Waals surface area contributed by atoms with Crippen LogP contribution in [0.2, 0.25) is 10.0 Å². The van der Waals surface area contributed by atoms with Gasteiger partial charge in [0.05, 0.1) is 12.1 Å². The second kappa shape index (κ2) is 10.3. The zero-order valence-corrected chi connectivity index (χ0v) is 21.7. The zero-order chi connectivity index (χ0) is 28.8. The Morgan fingerprint density at radius 3 is 2.36 bits per heavy atom. The molecule has 7 nitrogen and oxygen atoms in total. The van der Waals surface area contributed by atoms with E-state index >= 15 is 0 Å². The minimum Gasteiger partial charge on any atom is -0.374 e. The molecule has 2 heterocycles. The minimum absolute atomic E-state index is 0.000692. The van der Waals surface area contributed by atoms with Gasteiger partial charge < -0.3 is 4.84 Å². The summed E-state index contributed by atoms with van der Waals surface area (Å²) in [7, 11) is 1.40. The first-order chi connectivity index (χ1) is 18.1. The number of halogens is 8. The first kappa shape index (κ1) is 28.7. The fourth-order valence-corrected chi connectivity index (χ4v) is 4.58. The van der Waals surface area contributed by atoms with Gasteiger partial charge in [0.25, 0.3) is 11.5 Å². The molecule has 2 aromatic carbocycles. The molecule has 0 saturated carbocycles. The number of rotatable bonds is 6. The Kier molecular flexibility index (Phi) is 7.60. The molecule has 15 heteroatoms. The summed E-state index contributed by atoms with van der Waals surface area (Å²) in [5.74, 6) is -0.815. The highest BCUT2D eigenvalue weighted by atomic mass is 35.5. The third-order valence-electron chi connectivity index (χ3n) is 6.03. The lowest BCUT2D eigenvalue weighted by molar-refractivity contribution is -0.275. The zero-order valence-electron chi connectivity index (χ0n) is 20.2. The maximum Gasteiger partial charge on any atom is 0.435 e. The molecule has 208 valence electrons. The van der Waals surface area contributed by atoms with E-state index in [0.29, 0.717) is 5.56 Å². The van der Waals surface area contributed by atoms with Crippen molar-refractivity contribution >= 4 is 40.8 Å². The molecule has 4 rings (SSSR count). The van der Waals surface area contributed by atoms with Gasteiger partial charge in [0.15, 0.2) is 0 Å². The molecule has 1 amide bonds. The maximum absolute atomic E-state index is 14.2. The lowest BCUT2D eigenvalue weighted by Gasteiger charge is -2.29. The number of carbonyl (C=O) groups is 1. The summed E-state index contributed by atoms with van der Waals surface area (Å²) < 4.78 is 81.4. The molecule has 39 heavy (non-hydrogen) atoms. The average Bonchev–Trinajstić information content (AvgIpc) is 3.41. The number of alkyl halides is 6. The van der Waals surface area contributed by atoms with Gasteiger partial charge in [-0.25, -0.2) is 0 Å². The number of aryl methyl sites for hydroxylation is 3. The Morgan fingerprint density at radius 2 is 1.77 bits per heavy atom. The molecule has 0 bridgehead atoms. The molecule has 1 atom stereocenters. The Bertz CT molecular complexity index is 1430. The fourth-order valence-electron chi connectivity index (χ4n) is 4.05. The standard InChI is InChI=1S/C24H19Cl2F6N5O2/c1-12-7-13(18-11-22(39-36-18,24(30,31)32)14-8-15(25)10-16(26)9-14)3-4-17(12)20(38)34-21-33-19(37(2)35-21)5-6-23(27,28)29/h3-4,7-10H,5-6,11H2,1-2H3,(H,34,35,38). The van der Waals surface area contributed by atoms with Gasteiger partial charge in [0.2, 0.25) is 5.95 Å². The van der Waals surface area contributed by atoms with Crippen molar-refractivity contribution in [3.8, 4) is 0 Å². The third-order valence-corrected chi connectivity index (χ3v) is 6.47. The largest absolute Gasteiger partial charge is 0.435 e. The molecule has 1 unspecified atom stereocenters. The van der Waals surface area contributed by atoms with Crippen LogP contribution in [0.3, 0.4) is 0 Å². The Morgan fingerprint density at radius 1 is 1.10 bits per heavy atom. The quantitative estimate of drug-likeness (QED) is 0.320. The topological polar surface area (TPSA) is 81.4 Å². The molecule has 3 aromatic rings. The van der Waals surface area contributed by atoms with Crippen LogP contribution >= 0.6 is 23.2 Å². The van der Waals surface area contributed by atoms with Crippen molar-refractivity contribution in [3.63, 3.8) is 0 Å². The molecule has 0 aliphatic carbocycles. The second-order valence-electron chi connectivity index (χ2n) is 8.86. The van der Waals surface area contributed by atoms with E-state index in [0.717, 1.165) is 16.8 Å². The monoisotopic (exact) mass is 593 g/mol. The summed E-state index contributed by atoms with van der Waals surface area (Å²) in [6.45, 7) is 1.56. The lowest BCUT2D eigenvalue weighted by Crippen LogP contribution is -2.42. The summed E-state index contributed by atoms with van der Waals surface area (Å²) >= 11 is 11.9. The van der Waals surface area contributed by atoms with E-state index in [1.54, 1.807) is 6.92 Å². The van der Waals surface area contributed by atoms with Crippen LogP contribution < -0.4 is 5.32 Å². The van der Waals surface area contributed by atoms with Gasteiger partial charge in [-0.15, -0.1) is 5.10 Å². The molecule has 0 spiro atoms. The number of oxime groups is 1. The Balaban J connectivity index is 1.52. The van der Waals surface area contributed by atoms with Crippen LogP contribution in [0.4, 0.5) is 32.3 Å². The number of hydrogen-bond acceptors (Lipinski definition) is 5. The smallest absolute Gasteiger partial charge is 0.374 e. The SMILES string of the molecule is Cc1cc(C2=NOC(c3cc(Cl)cc(Cl)c3)(C(F)(F)F)C2)ccc1C(=O)Nc1nc(CCC(F)(F)F)n(C)n1. The third kappa shape index (κ3) is 6.14. The molecule has 0 saturated heterocycles. The van der Waals surface area contributed by atoms with E-state index < -0.39 is 43.1 Å². The first-order valence-electron chi connectivity index (χ1n) is 11.3. The molecular formula is C24H19Cl2F6N5O2. The van der Waals surface area contributed by atoms with Crippen molar-refractivity contribution in [2.45, 2.75) is 44.1 Å². The van der Waals surface area contributed by atoms with Crippen LogP contribution in [0, 0.1) is 6.92 Å². The number of amides is 1. The van der Waals surface area contributed by atoms with Crippen molar-refractivity contribution in [2.24, 2.45) is 12.2 Å². The fraction of sp³-hybridized carbons (Fsp3) is 0.333. The average molecular weight is 594 g/mol. The van der Waals surface area contributed by atoms with E-state index in [1.165, 1.54) is 31.3 Å². The van der Waals surface area contributed by atoms with Crippen LogP contribution in [0.1, 0.15) is 45.7 Å². The van der Waals surface area contributed by atoms with Crippen molar-refractivity contribution in [1.29, 1.82) is 0 Å². The van der Waals surface area contributed by atoms with Crippen LogP contribution in [0.15, 0.2) is 41.6 Å². The first-order valence-corrected chi connectivity index (χ1v) is 12.0. The highest BCUT2D eigenvalue weighted by Gasteiger charge is 2.62. The van der Waals surface area contributed by atoms with Gasteiger partial charge >= 0.3 is 12.4 Å². The summed E-state index contributed by atoms with van der Waals surface area (Å²) in [5, 5.41) is 10.0.